The van der Waals surface area contributed by atoms with Crippen molar-refractivity contribution >= 4 is 13.8 Å². The largest absolute Gasteiger partial charge is 0.513 e. The van der Waals surface area contributed by atoms with Gasteiger partial charge in [0.05, 0.1) is 16.8 Å². The first-order valence-corrected chi connectivity index (χ1v) is 7.20. The zero-order valence-electron chi connectivity index (χ0n) is 13.0. The van der Waals surface area contributed by atoms with Crippen molar-refractivity contribution in [3.8, 4) is 0 Å². The van der Waals surface area contributed by atoms with Crippen LogP contribution in [-0.2, 0) is 14.0 Å². The van der Waals surface area contributed by atoms with Crippen LogP contribution in [0.3, 0.4) is 0 Å². The molecule has 0 amide bonds. The number of nitrogens with zero attached hydrogens (tertiary/aromatic N) is 2. The van der Waals surface area contributed by atoms with Gasteiger partial charge in [0.2, 0.25) is 0 Å². The van der Waals surface area contributed by atoms with Crippen LogP contribution in [0, 0.1) is 0 Å². The summed E-state index contributed by atoms with van der Waals surface area (Å²) in [5, 5.41) is 5.75. The van der Waals surface area contributed by atoms with Crippen LogP contribution in [-0.4, -0.2) is 42.9 Å². The van der Waals surface area contributed by atoms with Crippen LogP contribution >= 0.6 is 0 Å². The number of hydrogen-bond acceptors (Lipinski definition) is 5. The molecule has 0 aliphatic carbocycles. The molecule has 0 N–H and O–H groups in total. The minimum Gasteiger partial charge on any atom is -0.398 e. The summed E-state index contributed by atoms with van der Waals surface area (Å²) in [5.41, 5.74) is -0.132. The molecule has 2 aliphatic rings. The maximum absolute atomic E-state index is 5.99. The molecule has 2 fully saturated rings. The second-order valence-corrected chi connectivity index (χ2v) is 6.39. The van der Waals surface area contributed by atoms with Crippen molar-refractivity contribution in [2.24, 2.45) is 5.10 Å². The lowest BCUT2D eigenvalue weighted by Crippen LogP contribution is -2.41. The Morgan fingerprint density at radius 3 is 2.25 bits per heavy atom. The molecule has 2 aliphatic heterocycles. The average molecular weight is 280 g/mol. The summed E-state index contributed by atoms with van der Waals surface area (Å²) in [7, 11) is -0.518. The van der Waals surface area contributed by atoms with Crippen LogP contribution in [0.25, 0.3) is 0 Å². The van der Waals surface area contributed by atoms with Crippen LogP contribution in [0.4, 0.5) is 0 Å². The Balaban J connectivity index is 2.08. The summed E-state index contributed by atoms with van der Waals surface area (Å²) in [6.07, 6.45) is 3.00. The van der Waals surface area contributed by atoms with Gasteiger partial charge in [-0.15, -0.1) is 0 Å². The molecule has 0 aromatic carbocycles. The zero-order valence-corrected chi connectivity index (χ0v) is 13.0. The highest BCUT2D eigenvalue weighted by molar-refractivity contribution is 6.54. The lowest BCUT2D eigenvalue weighted by Gasteiger charge is -2.33. The highest BCUT2D eigenvalue weighted by Gasteiger charge is 2.53. The summed E-state index contributed by atoms with van der Waals surface area (Å²) in [5.74, 6) is 0. The van der Waals surface area contributed by atoms with E-state index >= 15 is 0 Å². The van der Waals surface area contributed by atoms with Gasteiger partial charge in [-0.05, 0) is 47.0 Å². The minimum absolute atomic E-state index is 0.118. The van der Waals surface area contributed by atoms with E-state index in [-0.39, 0.29) is 17.4 Å². The van der Waals surface area contributed by atoms with E-state index in [2.05, 4.69) is 18.4 Å². The normalized spacial score (nSPS) is 28.2. The van der Waals surface area contributed by atoms with E-state index in [4.69, 9.17) is 14.0 Å². The third-order valence-corrected chi connectivity index (χ3v) is 4.40. The first-order valence-electron chi connectivity index (χ1n) is 7.20. The summed E-state index contributed by atoms with van der Waals surface area (Å²) >= 11 is 0. The number of hydrazone groups is 1. The predicted molar refractivity (Wildman–Crippen MR) is 80.2 cm³/mol. The standard InChI is InChI=1S/C14H25BN2O3/c1-11(15-19-13(2,3)14(4,5)20-15)17(16-6)12-9-7-8-10-18-12/h12H,1,6-10H2,2-5H3. The van der Waals surface area contributed by atoms with Crippen LogP contribution in [0.1, 0.15) is 47.0 Å². The fraction of sp³-hybridized carbons (Fsp3) is 0.786. The fourth-order valence-corrected chi connectivity index (χ4v) is 2.37. The summed E-state index contributed by atoms with van der Waals surface area (Å²) in [6, 6.07) is 0. The van der Waals surface area contributed by atoms with Gasteiger partial charge < -0.3 is 14.0 Å². The monoisotopic (exact) mass is 280 g/mol. The first kappa shape index (κ1) is 15.5. The molecule has 0 radical (unpaired) electrons. The maximum atomic E-state index is 5.99. The summed E-state index contributed by atoms with van der Waals surface area (Å²) in [4.78, 5) is 0. The second kappa shape index (κ2) is 5.50. The number of rotatable bonds is 4. The molecule has 1 atom stereocenters. The van der Waals surface area contributed by atoms with E-state index in [1.165, 1.54) is 0 Å². The molecule has 1 unspecified atom stereocenters. The minimum atomic E-state index is -0.518. The number of ether oxygens (including phenoxy) is 1. The third-order valence-electron chi connectivity index (χ3n) is 4.40. The Bertz CT molecular complexity index is 376. The number of hydrogen-bond donors (Lipinski definition) is 0. The highest BCUT2D eigenvalue weighted by atomic mass is 16.7. The molecule has 5 nitrogen and oxygen atoms in total. The highest BCUT2D eigenvalue weighted by Crippen LogP contribution is 2.39. The second-order valence-electron chi connectivity index (χ2n) is 6.39. The Labute approximate surface area is 122 Å². The molecule has 112 valence electrons. The fourth-order valence-electron chi connectivity index (χ4n) is 2.37. The van der Waals surface area contributed by atoms with Gasteiger partial charge in [0, 0.05) is 13.3 Å². The van der Waals surface area contributed by atoms with Crippen molar-refractivity contribution < 1.29 is 14.0 Å². The average Bonchev–Trinajstić information content (AvgIpc) is 2.60. The van der Waals surface area contributed by atoms with Gasteiger partial charge in [0.1, 0.15) is 6.23 Å². The molecule has 0 bridgehead atoms. The summed E-state index contributed by atoms with van der Waals surface area (Å²) < 4.78 is 17.7. The van der Waals surface area contributed by atoms with Crippen molar-refractivity contribution in [3.63, 3.8) is 0 Å². The van der Waals surface area contributed by atoms with Crippen molar-refractivity contribution in [1.29, 1.82) is 0 Å². The maximum Gasteiger partial charge on any atom is 0.513 e. The molecule has 20 heavy (non-hydrogen) atoms. The van der Waals surface area contributed by atoms with Crippen LogP contribution in [0.2, 0.25) is 0 Å². The molecular weight excluding hydrogens is 255 g/mol. The van der Waals surface area contributed by atoms with Gasteiger partial charge in [-0.2, -0.15) is 5.10 Å². The molecule has 0 aromatic rings. The molecule has 2 heterocycles. The van der Waals surface area contributed by atoms with Gasteiger partial charge in [0.25, 0.3) is 0 Å². The zero-order chi connectivity index (χ0) is 15.0. The van der Waals surface area contributed by atoms with Crippen molar-refractivity contribution in [3.05, 3.63) is 12.2 Å². The quantitative estimate of drug-likeness (QED) is 0.451. The van der Waals surface area contributed by atoms with Gasteiger partial charge in [-0.25, -0.2) is 5.01 Å². The molecule has 0 saturated carbocycles. The SMILES string of the molecule is C=NN(C(=C)B1OC(C)(C)C(C)(C)O1)C1CCCCO1. The Kier molecular flexibility index (Phi) is 4.28. The first-order chi connectivity index (χ1) is 9.28. The third kappa shape index (κ3) is 2.78. The van der Waals surface area contributed by atoms with Gasteiger partial charge >= 0.3 is 7.12 Å². The predicted octanol–water partition coefficient (Wildman–Crippen LogP) is 2.58. The van der Waals surface area contributed by atoms with Crippen molar-refractivity contribution in [2.45, 2.75) is 64.4 Å². The Hall–Kier alpha value is -0.845. The van der Waals surface area contributed by atoms with Crippen LogP contribution in [0.5, 0.6) is 0 Å². The molecule has 0 aromatic heterocycles. The molecular formula is C14H25BN2O3. The summed E-state index contributed by atoms with van der Waals surface area (Å²) in [6.45, 7) is 16.5. The van der Waals surface area contributed by atoms with Gasteiger partial charge in [-0.1, -0.05) is 6.58 Å². The van der Waals surface area contributed by atoms with E-state index in [0.29, 0.717) is 5.60 Å². The van der Waals surface area contributed by atoms with Crippen molar-refractivity contribution in [1.82, 2.24) is 5.01 Å². The van der Waals surface area contributed by atoms with Crippen LogP contribution < -0.4 is 0 Å². The van der Waals surface area contributed by atoms with Gasteiger partial charge in [0.15, 0.2) is 0 Å². The lowest BCUT2D eigenvalue weighted by atomic mass is 9.84. The van der Waals surface area contributed by atoms with E-state index in [1.54, 1.807) is 5.01 Å². The Morgan fingerprint density at radius 2 is 1.80 bits per heavy atom. The molecule has 2 rings (SSSR count). The van der Waals surface area contributed by atoms with Gasteiger partial charge in [-0.3, -0.25) is 0 Å². The topological polar surface area (TPSA) is 43.3 Å². The lowest BCUT2D eigenvalue weighted by molar-refractivity contribution is -0.0683. The van der Waals surface area contributed by atoms with E-state index in [1.807, 2.05) is 27.7 Å². The molecule has 2 saturated heterocycles. The van der Waals surface area contributed by atoms with Crippen molar-refractivity contribution in [2.75, 3.05) is 6.61 Å². The smallest absolute Gasteiger partial charge is 0.398 e. The van der Waals surface area contributed by atoms with E-state index in [0.717, 1.165) is 25.9 Å². The Morgan fingerprint density at radius 1 is 1.20 bits per heavy atom. The van der Waals surface area contributed by atoms with Crippen LogP contribution in [0.15, 0.2) is 17.3 Å². The molecule has 6 heteroatoms. The van der Waals surface area contributed by atoms with E-state index in [9.17, 15) is 0 Å². The van der Waals surface area contributed by atoms with E-state index < -0.39 is 7.12 Å². The molecule has 0 spiro atoms.